The van der Waals surface area contributed by atoms with Gasteiger partial charge in [-0.3, -0.25) is 0 Å². The van der Waals surface area contributed by atoms with Crippen molar-refractivity contribution in [2.45, 2.75) is 44.9 Å². The molecule has 1 fully saturated rings. The molecule has 94 valence electrons. The van der Waals surface area contributed by atoms with E-state index in [2.05, 4.69) is 17.2 Å². The van der Waals surface area contributed by atoms with Crippen LogP contribution >= 0.6 is 0 Å². The number of nitrogens with zero attached hydrogens (tertiary/aromatic N) is 2. The molecule has 1 aliphatic carbocycles. The van der Waals surface area contributed by atoms with E-state index in [9.17, 15) is 0 Å². The number of rotatable bonds is 5. The van der Waals surface area contributed by atoms with Crippen molar-refractivity contribution in [2.24, 2.45) is 5.73 Å². The topological polar surface area (TPSA) is 63.8 Å². The second-order valence-corrected chi connectivity index (χ2v) is 4.64. The Morgan fingerprint density at radius 2 is 2.18 bits per heavy atom. The summed E-state index contributed by atoms with van der Waals surface area (Å²) >= 11 is 0. The molecular formula is C13H22N4. The fourth-order valence-electron chi connectivity index (χ4n) is 2.46. The molecule has 0 aliphatic heterocycles. The second-order valence-electron chi connectivity index (χ2n) is 4.64. The van der Waals surface area contributed by atoms with Gasteiger partial charge >= 0.3 is 0 Å². The summed E-state index contributed by atoms with van der Waals surface area (Å²) in [4.78, 5) is 9.08. The van der Waals surface area contributed by atoms with Crippen molar-refractivity contribution in [3.8, 4) is 0 Å². The van der Waals surface area contributed by atoms with Crippen LogP contribution in [-0.4, -0.2) is 23.1 Å². The summed E-state index contributed by atoms with van der Waals surface area (Å²) in [6, 6.07) is 0. The Kier molecular flexibility index (Phi) is 4.31. The minimum Gasteiger partial charge on any atom is -0.381 e. The number of anilines is 1. The molecule has 0 unspecified atom stereocenters. The molecule has 1 aromatic rings. The lowest BCUT2D eigenvalue weighted by atomic mass is 10.0. The zero-order chi connectivity index (χ0) is 12.1. The molecule has 4 heteroatoms. The first-order chi connectivity index (χ1) is 8.35. The SMILES string of the molecule is CCc1ncc(NCCN)c(C2CCCC2)n1. The van der Waals surface area contributed by atoms with Crippen molar-refractivity contribution in [1.82, 2.24) is 9.97 Å². The van der Waals surface area contributed by atoms with Gasteiger partial charge < -0.3 is 11.1 Å². The first kappa shape index (κ1) is 12.3. The maximum atomic E-state index is 5.53. The van der Waals surface area contributed by atoms with Crippen molar-refractivity contribution in [3.05, 3.63) is 17.7 Å². The van der Waals surface area contributed by atoms with Gasteiger partial charge in [0.2, 0.25) is 0 Å². The Balaban J connectivity index is 2.22. The lowest BCUT2D eigenvalue weighted by Crippen LogP contribution is -2.16. The Hall–Kier alpha value is -1.16. The quantitative estimate of drug-likeness (QED) is 0.818. The fourth-order valence-corrected chi connectivity index (χ4v) is 2.46. The third-order valence-electron chi connectivity index (χ3n) is 3.39. The van der Waals surface area contributed by atoms with E-state index in [1.165, 1.54) is 31.4 Å². The van der Waals surface area contributed by atoms with Gasteiger partial charge in [-0.05, 0) is 12.8 Å². The van der Waals surface area contributed by atoms with E-state index >= 15 is 0 Å². The molecule has 0 amide bonds. The number of nitrogens with two attached hydrogens (primary N) is 1. The van der Waals surface area contributed by atoms with Crippen LogP contribution < -0.4 is 11.1 Å². The number of aryl methyl sites for hydroxylation is 1. The molecule has 1 saturated carbocycles. The molecule has 0 bridgehead atoms. The minimum atomic E-state index is 0.614. The van der Waals surface area contributed by atoms with E-state index in [4.69, 9.17) is 10.7 Å². The zero-order valence-corrected chi connectivity index (χ0v) is 10.6. The molecule has 0 spiro atoms. The molecule has 0 atom stereocenters. The van der Waals surface area contributed by atoms with Crippen LogP contribution in [-0.2, 0) is 6.42 Å². The summed E-state index contributed by atoms with van der Waals surface area (Å²) in [6.07, 6.45) is 8.00. The van der Waals surface area contributed by atoms with Gasteiger partial charge in [-0.2, -0.15) is 0 Å². The summed E-state index contributed by atoms with van der Waals surface area (Å²) < 4.78 is 0. The van der Waals surface area contributed by atoms with E-state index in [0.29, 0.717) is 12.5 Å². The lowest BCUT2D eigenvalue weighted by Gasteiger charge is -2.15. The highest BCUT2D eigenvalue weighted by Gasteiger charge is 2.21. The van der Waals surface area contributed by atoms with E-state index in [-0.39, 0.29) is 0 Å². The van der Waals surface area contributed by atoms with Crippen LogP contribution in [0.1, 0.15) is 50.0 Å². The largest absolute Gasteiger partial charge is 0.381 e. The van der Waals surface area contributed by atoms with Crippen LogP contribution in [0.5, 0.6) is 0 Å². The molecule has 1 aromatic heterocycles. The van der Waals surface area contributed by atoms with Crippen LogP contribution in [0.15, 0.2) is 6.20 Å². The first-order valence-corrected chi connectivity index (χ1v) is 6.65. The van der Waals surface area contributed by atoms with Gasteiger partial charge in [-0.1, -0.05) is 19.8 Å². The normalized spacial score (nSPS) is 16.4. The fraction of sp³-hybridized carbons (Fsp3) is 0.692. The van der Waals surface area contributed by atoms with Gasteiger partial charge in [0.1, 0.15) is 5.82 Å². The highest BCUT2D eigenvalue weighted by Crippen LogP contribution is 2.36. The van der Waals surface area contributed by atoms with E-state index in [1.807, 2.05) is 6.20 Å². The summed E-state index contributed by atoms with van der Waals surface area (Å²) in [7, 11) is 0. The van der Waals surface area contributed by atoms with Crippen molar-refractivity contribution in [2.75, 3.05) is 18.4 Å². The van der Waals surface area contributed by atoms with Crippen LogP contribution in [0.2, 0.25) is 0 Å². The highest BCUT2D eigenvalue weighted by molar-refractivity contribution is 5.48. The van der Waals surface area contributed by atoms with Gasteiger partial charge in [0.15, 0.2) is 0 Å². The molecule has 0 aromatic carbocycles. The van der Waals surface area contributed by atoms with Crippen LogP contribution in [0.4, 0.5) is 5.69 Å². The molecule has 2 rings (SSSR count). The molecule has 0 saturated heterocycles. The van der Waals surface area contributed by atoms with Gasteiger partial charge in [0.05, 0.1) is 17.6 Å². The predicted octanol–water partition coefficient (Wildman–Crippen LogP) is 2.07. The standard InChI is InChI=1S/C13H22N4/c1-2-12-16-9-11(15-8-7-14)13(17-12)10-5-3-4-6-10/h9-10,15H,2-8,14H2,1H3. The smallest absolute Gasteiger partial charge is 0.128 e. The molecular weight excluding hydrogens is 212 g/mol. The molecule has 3 N–H and O–H groups in total. The third-order valence-corrected chi connectivity index (χ3v) is 3.39. The molecule has 1 heterocycles. The first-order valence-electron chi connectivity index (χ1n) is 6.65. The van der Waals surface area contributed by atoms with Gasteiger partial charge in [-0.25, -0.2) is 9.97 Å². The maximum Gasteiger partial charge on any atom is 0.128 e. The van der Waals surface area contributed by atoms with Gasteiger partial charge in [0, 0.05) is 25.4 Å². The van der Waals surface area contributed by atoms with Gasteiger partial charge in [-0.15, -0.1) is 0 Å². The van der Waals surface area contributed by atoms with Crippen molar-refractivity contribution in [1.29, 1.82) is 0 Å². The van der Waals surface area contributed by atoms with E-state index in [1.54, 1.807) is 0 Å². The number of hydrogen-bond acceptors (Lipinski definition) is 4. The van der Waals surface area contributed by atoms with E-state index < -0.39 is 0 Å². The van der Waals surface area contributed by atoms with Crippen molar-refractivity contribution < 1.29 is 0 Å². The zero-order valence-electron chi connectivity index (χ0n) is 10.6. The average Bonchev–Trinajstić information content (AvgIpc) is 2.90. The van der Waals surface area contributed by atoms with Crippen LogP contribution in [0.3, 0.4) is 0 Å². The Labute approximate surface area is 103 Å². The van der Waals surface area contributed by atoms with Crippen molar-refractivity contribution >= 4 is 5.69 Å². The number of hydrogen-bond donors (Lipinski definition) is 2. The Morgan fingerprint density at radius 3 is 2.82 bits per heavy atom. The second kappa shape index (κ2) is 5.96. The Bertz CT molecular complexity index is 358. The van der Waals surface area contributed by atoms with Crippen molar-refractivity contribution in [3.63, 3.8) is 0 Å². The summed E-state index contributed by atoms with van der Waals surface area (Å²) in [5.41, 5.74) is 7.83. The number of nitrogens with one attached hydrogen (secondary N) is 1. The highest BCUT2D eigenvalue weighted by atomic mass is 15.0. The predicted molar refractivity (Wildman–Crippen MR) is 70.2 cm³/mol. The van der Waals surface area contributed by atoms with E-state index in [0.717, 1.165) is 24.5 Å². The minimum absolute atomic E-state index is 0.614. The van der Waals surface area contributed by atoms with Crippen LogP contribution in [0.25, 0.3) is 0 Å². The third kappa shape index (κ3) is 2.94. The molecule has 1 aliphatic rings. The average molecular weight is 234 g/mol. The Morgan fingerprint density at radius 1 is 1.41 bits per heavy atom. The maximum absolute atomic E-state index is 5.53. The summed E-state index contributed by atoms with van der Waals surface area (Å²) in [5, 5.41) is 3.34. The molecule has 0 radical (unpaired) electrons. The molecule has 4 nitrogen and oxygen atoms in total. The molecule has 17 heavy (non-hydrogen) atoms. The summed E-state index contributed by atoms with van der Waals surface area (Å²) in [5.74, 6) is 1.56. The van der Waals surface area contributed by atoms with Gasteiger partial charge in [0.25, 0.3) is 0 Å². The number of aromatic nitrogens is 2. The summed E-state index contributed by atoms with van der Waals surface area (Å²) in [6.45, 7) is 3.52. The lowest BCUT2D eigenvalue weighted by molar-refractivity contribution is 0.685. The van der Waals surface area contributed by atoms with Crippen LogP contribution in [0, 0.1) is 0 Å². The monoisotopic (exact) mass is 234 g/mol.